The van der Waals surface area contributed by atoms with Crippen LogP contribution in [0.25, 0.3) is 0 Å². The molecule has 0 aromatic carbocycles. The van der Waals surface area contributed by atoms with Crippen molar-refractivity contribution < 1.29 is 32.4 Å². The lowest BCUT2D eigenvalue weighted by molar-refractivity contribution is -0.144. The molecule has 2 aliphatic rings. The van der Waals surface area contributed by atoms with Crippen LogP contribution in [0.1, 0.15) is 92.9 Å². The number of allylic oxidation sites excluding steroid dienone is 1. The second-order valence-electron chi connectivity index (χ2n) is 15.4. The number of sulfonamides is 1. The third-order valence-electron chi connectivity index (χ3n) is 9.55. The summed E-state index contributed by atoms with van der Waals surface area (Å²) < 4.78 is 25.4. The summed E-state index contributed by atoms with van der Waals surface area (Å²) in [4.78, 5) is 69.2. The number of likely N-dealkylation sites (tertiary alicyclic amines) is 1. The van der Waals surface area contributed by atoms with E-state index in [1.54, 1.807) is 11.0 Å². The summed E-state index contributed by atoms with van der Waals surface area (Å²) in [5, 5.41) is 5.72. The van der Waals surface area contributed by atoms with Crippen molar-refractivity contribution in [1.29, 1.82) is 0 Å². The molecule has 0 aromatic heterocycles. The van der Waals surface area contributed by atoms with Crippen LogP contribution in [0.5, 0.6) is 0 Å². The van der Waals surface area contributed by atoms with E-state index in [-0.39, 0.29) is 49.8 Å². The first-order valence-corrected chi connectivity index (χ1v) is 18.4. The van der Waals surface area contributed by atoms with Crippen molar-refractivity contribution in [3.8, 4) is 12.3 Å². The van der Waals surface area contributed by atoms with E-state index in [4.69, 9.17) is 6.42 Å². The zero-order valence-electron chi connectivity index (χ0n) is 29.6. The molecule has 11 nitrogen and oxygen atoms in total. The minimum absolute atomic E-state index is 0.0173. The van der Waals surface area contributed by atoms with Gasteiger partial charge in [-0.3, -0.25) is 19.2 Å². The number of amides is 3. The molecule has 0 bridgehead atoms. The summed E-state index contributed by atoms with van der Waals surface area (Å²) in [6.45, 7) is 15.1. The van der Waals surface area contributed by atoms with Crippen LogP contribution in [-0.4, -0.2) is 91.4 Å². The number of carbonyl (C=O) groups excluding carboxylic acids is 5. The molecule has 47 heavy (non-hydrogen) atoms. The zero-order valence-corrected chi connectivity index (χ0v) is 30.4. The first-order chi connectivity index (χ1) is 21.6. The first-order valence-electron chi connectivity index (χ1n) is 16.6. The van der Waals surface area contributed by atoms with E-state index >= 15 is 0 Å². The number of nitrogens with one attached hydrogen (secondary N) is 2. The van der Waals surface area contributed by atoms with Crippen LogP contribution < -0.4 is 10.6 Å². The second-order valence-corrected chi connectivity index (χ2v) is 17.5. The Labute approximate surface area is 282 Å². The van der Waals surface area contributed by atoms with Crippen molar-refractivity contribution in [2.75, 3.05) is 26.4 Å². The van der Waals surface area contributed by atoms with Gasteiger partial charge in [-0.2, -0.15) is 0 Å². The molecule has 1 unspecified atom stereocenters. The van der Waals surface area contributed by atoms with E-state index in [0.29, 0.717) is 13.0 Å². The highest BCUT2D eigenvalue weighted by Crippen LogP contribution is 2.44. The maximum absolute atomic E-state index is 14.4. The minimum Gasteiger partial charge on any atom is -0.334 e. The van der Waals surface area contributed by atoms with Gasteiger partial charge in [0.2, 0.25) is 21.7 Å². The van der Waals surface area contributed by atoms with Crippen molar-refractivity contribution in [3.63, 3.8) is 0 Å². The van der Waals surface area contributed by atoms with Gasteiger partial charge in [-0.25, -0.2) is 17.5 Å². The van der Waals surface area contributed by atoms with Crippen LogP contribution >= 0.6 is 0 Å². The summed E-state index contributed by atoms with van der Waals surface area (Å²) in [7, 11) is -2.06. The standard InChI is InChI=1S/C35H56N4O7S/c1-11-13-16-23(30(42)26(40)19-14-12-2)20-27(41)29-25-18-15-17-24(25)21-39(29)32(43)31(35(6,7)8)37-33(44)36-28(34(3,4)5)22-38(9)47(10,45)46/h1,12,23-25,28-29,31H,2,13-22H2,3-10H3,(H2,36,37,44)/t23?,24-,25-,28+,29-,31+/m0/s1. The molecule has 1 heterocycles. The summed E-state index contributed by atoms with van der Waals surface area (Å²) in [5.74, 6) is -0.159. The lowest BCUT2D eigenvalue weighted by atomic mass is 9.83. The highest BCUT2D eigenvalue weighted by molar-refractivity contribution is 7.88. The molecule has 264 valence electrons. The number of terminal acetylenes is 1. The molecule has 2 rings (SSSR count). The number of ketones is 3. The maximum Gasteiger partial charge on any atom is 0.315 e. The molecule has 2 fully saturated rings. The van der Waals surface area contributed by atoms with Gasteiger partial charge in [-0.1, -0.05) is 54.0 Å². The van der Waals surface area contributed by atoms with Crippen molar-refractivity contribution in [2.24, 2.45) is 28.6 Å². The van der Waals surface area contributed by atoms with Gasteiger partial charge in [0.1, 0.15) is 6.04 Å². The Kier molecular flexibility index (Phi) is 14.0. The van der Waals surface area contributed by atoms with E-state index < -0.39 is 68.4 Å². The van der Waals surface area contributed by atoms with E-state index in [2.05, 4.69) is 23.1 Å². The Morgan fingerprint density at radius 2 is 1.70 bits per heavy atom. The largest absolute Gasteiger partial charge is 0.334 e. The average molecular weight is 677 g/mol. The van der Waals surface area contributed by atoms with Crippen molar-refractivity contribution in [3.05, 3.63) is 12.7 Å². The number of likely N-dealkylation sites (N-methyl/N-ethyl adjacent to an activating group) is 1. The number of hydrogen-bond donors (Lipinski definition) is 2. The van der Waals surface area contributed by atoms with E-state index in [0.717, 1.165) is 25.5 Å². The Morgan fingerprint density at radius 3 is 2.23 bits per heavy atom. The van der Waals surface area contributed by atoms with Gasteiger partial charge in [0.25, 0.3) is 0 Å². The highest BCUT2D eigenvalue weighted by atomic mass is 32.2. The molecular weight excluding hydrogens is 620 g/mol. The number of fused-ring (bicyclic) bond motifs is 1. The average Bonchev–Trinajstić information content (AvgIpc) is 3.55. The number of Topliss-reactive ketones (excluding diaryl/α,β-unsaturated/α-hetero) is 3. The van der Waals surface area contributed by atoms with Crippen LogP contribution in [0.3, 0.4) is 0 Å². The van der Waals surface area contributed by atoms with Gasteiger partial charge < -0.3 is 15.5 Å². The van der Waals surface area contributed by atoms with E-state index in [1.165, 1.54) is 11.4 Å². The van der Waals surface area contributed by atoms with Crippen LogP contribution in [0.2, 0.25) is 0 Å². The lowest BCUT2D eigenvalue weighted by Gasteiger charge is -2.38. The van der Waals surface area contributed by atoms with Gasteiger partial charge in [0.15, 0.2) is 11.6 Å². The summed E-state index contributed by atoms with van der Waals surface area (Å²) in [6.07, 6.45) is 11.3. The highest BCUT2D eigenvalue weighted by Gasteiger charge is 2.52. The normalized spacial score (nSPS) is 21.7. The van der Waals surface area contributed by atoms with E-state index in [1.807, 2.05) is 41.5 Å². The fourth-order valence-electron chi connectivity index (χ4n) is 6.55. The molecule has 0 aromatic rings. The van der Waals surface area contributed by atoms with Crippen LogP contribution in [0, 0.1) is 40.9 Å². The third-order valence-corrected chi connectivity index (χ3v) is 10.8. The fraction of sp³-hybridized carbons (Fsp3) is 0.743. The van der Waals surface area contributed by atoms with Crippen molar-refractivity contribution in [1.82, 2.24) is 19.8 Å². The molecule has 1 saturated heterocycles. The molecule has 0 spiro atoms. The Bertz CT molecular complexity index is 1340. The number of carbonyl (C=O) groups is 5. The van der Waals surface area contributed by atoms with Crippen LogP contribution in [0.15, 0.2) is 12.7 Å². The SMILES string of the molecule is C#CCCC(CC(=O)[C@@H]1[C@H]2CCC[C@H]2CN1C(=O)[C@@H](NC(=O)N[C@H](CN(C)S(C)(=O)=O)C(C)(C)C)C(C)(C)C)C(=O)C(=O)CCC=C. The topological polar surface area (TPSA) is 150 Å². The molecule has 3 amide bonds. The first kappa shape index (κ1) is 40.1. The fourth-order valence-corrected chi connectivity index (χ4v) is 6.97. The van der Waals surface area contributed by atoms with Gasteiger partial charge in [-0.05, 0) is 48.3 Å². The molecule has 1 aliphatic carbocycles. The predicted molar refractivity (Wildman–Crippen MR) is 183 cm³/mol. The minimum atomic E-state index is -3.50. The lowest BCUT2D eigenvalue weighted by Crippen LogP contribution is -2.61. The summed E-state index contributed by atoms with van der Waals surface area (Å²) in [6, 6.07) is -2.99. The van der Waals surface area contributed by atoms with Gasteiger partial charge in [0, 0.05) is 51.4 Å². The number of nitrogens with zero attached hydrogens (tertiary/aromatic N) is 2. The van der Waals surface area contributed by atoms with Gasteiger partial charge in [-0.15, -0.1) is 18.9 Å². The Balaban J connectivity index is 2.35. The van der Waals surface area contributed by atoms with Crippen molar-refractivity contribution in [2.45, 2.75) is 111 Å². The van der Waals surface area contributed by atoms with Gasteiger partial charge >= 0.3 is 6.03 Å². The molecule has 12 heteroatoms. The van der Waals surface area contributed by atoms with Crippen LogP contribution in [-0.2, 0) is 29.2 Å². The quantitative estimate of drug-likeness (QED) is 0.144. The van der Waals surface area contributed by atoms with Crippen molar-refractivity contribution >= 4 is 39.3 Å². The molecule has 0 radical (unpaired) electrons. The number of rotatable bonds is 16. The number of urea groups is 1. The smallest absolute Gasteiger partial charge is 0.315 e. The van der Waals surface area contributed by atoms with Crippen LogP contribution in [0.4, 0.5) is 4.79 Å². The Hall–Kier alpha value is -3.04. The molecular formula is C35H56N4O7S. The zero-order chi connectivity index (χ0) is 35.9. The summed E-state index contributed by atoms with van der Waals surface area (Å²) >= 11 is 0. The third kappa shape index (κ3) is 11.0. The number of hydrogen-bond acceptors (Lipinski definition) is 7. The maximum atomic E-state index is 14.4. The predicted octanol–water partition coefficient (Wildman–Crippen LogP) is 3.73. The molecule has 6 atom stereocenters. The van der Waals surface area contributed by atoms with Gasteiger partial charge in [0.05, 0.1) is 12.3 Å². The second kappa shape index (κ2) is 16.4. The molecule has 1 aliphatic heterocycles. The summed E-state index contributed by atoms with van der Waals surface area (Å²) in [5.41, 5.74) is -1.26. The van der Waals surface area contributed by atoms with E-state index in [9.17, 15) is 32.4 Å². The molecule has 1 saturated carbocycles. The molecule has 2 N–H and O–H groups in total. The Morgan fingerprint density at radius 1 is 1.06 bits per heavy atom. The monoisotopic (exact) mass is 676 g/mol.